The highest BCUT2D eigenvalue weighted by Gasteiger charge is 2.32. The van der Waals surface area contributed by atoms with Gasteiger partial charge < -0.3 is 25.4 Å². The zero-order valence-electron chi connectivity index (χ0n) is 22.6. The highest BCUT2D eigenvalue weighted by Crippen LogP contribution is 2.39. The second-order valence-corrected chi connectivity index (χ2v) is 9.98. The van der Waals surface area contributed by atoms with Gasteiger partial charge in [-0.05, 0) is 62.2 Å². The number of hydrogen-bond donors (Lipinski definition) is 3. The predicted octanol–water partition coefficient (Wildman–Crippen LogP) is 5.61. The minimum Gasteiger partial charge on any atom is -0.497 e. The van der Waals surface area contributed by atoms with Gasteiger partial charge >= 0.3 is 0 Å². The monoisotopic (exact) mass is 544 g/mol. The molecule has 202 valence electrons. The lowest BCUT2D eigenvalue weighted by atomic mass is 9.95. The molecule has 0 bridgehead atoms. The first-order valence-electron chi connectivity index (χ1n) is 12.4. The molecule has 0 unspecified atom stereocenters. The van der Waals surface area contributed by atoms with E-state index in [1.54, 1.807) is 20.3 Å². The number of aryl methyl sites for hydroxylation is 1. The van der Waals surface area contributed by atoms with Gasteiger partial charge in [0.1, 0.15) is 17.5 Å². The van der Waals surface area contributed by atoms with Gasteiger partial charge in [0.2, 0.25) is 5.91 Å². The van der Waals surface area contributed by atoms with E-state index in [4.69, 9.17) is 14.5 Å². The minimum atomic E-state index is -0.666. The fourth-order valence-electron chi connectivity index (χ4n) is 4.21. The Balaban J connectivity index is 1.60. The first-order valence-corrected chi connectivity index (χ1v) is 13.4. The van der Waals surface area contributed by atoms with E-state index >= 15 is 0 Å². The summed E-state index contributed by atoms with van der Waals surface area (Å²) in [5, 5.41) is 9.69. The molecule has 0 aliphatic carbocycles. The minimum absolute atomic E-state index is 0.143. The molecule has 2 amide bonds. The third kappa shape index (κ3) is 6.61. The van der Waals surface area contributed by atoms with Crippen molar-refractivity contribution >= 4 is 40.1 Å². The number of nitrogens with one attached hydrogen (secondary N) is 3. The van der Waals surface area contributed by atoms with Crippen LogP contribution < -0.4 is 25.4 Å². The zero-order valence-corrected chi connectivity index (χ0v) is 23.4. The number of para-hydroxylation sites is 1. The van der Waals surface area contributed by atoms with Crippen molar-refractivity contribution in [2.24, 2.45) is 4.99 Å². The van der Waals surface area contributed by atoms with Gasteiger partial charge in [0, 0.05) is 28.7 Å². The van der Waals surface area contributed by atoms with Gasteiger partial charge in [0.15, 0.2) is 5.17 Å². The SMILES string of the molecule is COc1ccc([C@H]2N=C(SCC(=O)Nc3cccc(C)c3C)NC(C)=C2C(=O)Nc2ccccc2)c(OC)c1. The average molecular weight is 545 g/mol. The van der Waals surface area contributed by atoms with Gasteiger partial charge in [-0.25, -0.2) is 4.99 Å². The van der Waals surface area contributed by atoms with E-state index < -0.39 is 6.04 Å². The highest BCUT2D eigenvalue weighted by molar-refractivity contribution is 8.14. The summed E-state index contributed by atoms with van der Waals surface area (Å²) < 4.78 is 11.0. The molecule has 1 aliphatic rings. The molecule has 0 fully saturated rings. The van der Waals surface area contributed by atoms with Crippen molar-refractivity contribution in [3.8, 4) is 11.5 Å². The molecule has 1 atom stereocenters. The van der Waals surface area contributed by atoms with Crippen LogP contribution in [0.1, 0.15) is 29.7 Å². The van der Waals surface area contributed by atoms with Gasteiger partial charge in [-0.3, -0.25) is 9.59 Å². The third-order valence-corrected chi connectivity index (χ3v) is 7.34. The molecule has 0 saturated heterocycles. The van der Waals surface area contributed by atoms with Crippen molar-refractivity contribution in [3.63, 3.8) is 0 Å². The van der Waals surface area contributed by atoms with Crippen molar-refractivity contribution in [3.05, 3.63) is 94.7 Å². The number of carbonyl (C=O) groups excluding carboxylic acids is 2. The Morgan fingerprint density at radius 3 is 2.44 bits per heavy atom. The summed E-state index contributed by atoms with van der Waals surface area (Å²) >= 11 is 1.27. The Labute approximate surface area is 232 Å². The molecular formula is C30H32N4O4S. The maximum atomic E-state index is 13.5. The molecule has 0 spiro atoms. The number of carbonyl (C=O) groups is 2. The lowest BCUT2D eigenvalue weighted by molar-refractivity contribution is -0.114. The second-order valence-electron chi connectivity index (χ2n) is 9.01. The fraction of sp³-hybridized carbons (Fsp3) is 0.233. The smallest absolute Gasteiger partial charge is 0.255 e. The van der Waals surface area contributed by atoms with Crippen LogP contribution in [0.4, 0.5) is 11.4 Å². The molecule has 1 aliphatic heterocycles. The molecule has 0 saturated carbocycles. The molecular weight excluding hydrogens is 512 g/mol. The lowest BCUT2D eigenvalue weighted by Crippen LogP contribution is -2.33. The van der Waals surface area contributed by atoms with Crippen molar-refractivity contribution in [2.75, 3.05) is 30.6 Å². The van der Waals surface area contributed by atoms with Crippen LogP contribution in [0.5, 0.6) is 11.5 Å². The van der Waals surface area contributed by atoms with Gasteiger partial charge in [-0.2, -0.15) is 0 Å². The summed E-state index contributed by atoms with van der Waals surface area (Å²) in [6.07, 6.45) is 0. The molecule has 3 N–H and O–H groups in total. The summed E-state index contributed by atoms with van der Waals surface area (Å²) in [5.41, 5.74) is 5.40. The largest absolute Gasteiger partial charge is 0.497 e. The summed E-state index contributed by atoms with van der Waals surface area (Å²) in [5.74, 6) is 0.882. The molecule has 39 heavy (non-hydrogen) atoms. The average Bonchev–Trinajstić information content (AvgIpc) is 2.94. The molecule has 0 radical (unpaired) electrons. The normalized spacial score (nSPS) is 14.7. The third-order valence-electron chi connectivity index (χ3n) is 6.45. The van der Waals surface area contributed by atoms with Crippen LogP contribution in [0.3, 0.4) is 0 Å². The molecule has 4 rings (SSSR count). The Hall–Kier alpha value is -4.24. The Morgan fingerprint density at radius 2 is 1.72 bits per heavy atom. The molecule has 0 aromatic heterocycles. The van der Waals surface area contributed by atoms with Crippen LogP contribution in [-0.2, 0) is 9.59 Å². The van der Waals surface area contributed by atoms with E-state index in [0.29, 0.717) is 39.2 Å². The van der Waals surface area contributed by atoms with E-state index in [2.05, 4.69) is 16.0 Å². The van der Waals surface area contributed by atoms with Gasteiger partial charge in [0.25, 0.3) is 5.91 Å². The number of hydrogen-bond acceptors (Lipinski definition) is 7. The number of aliphatic imine (C=N–C) groups is 1. The van der Waals surface area contributed by atoms with Crippen LogP contribution in [0.15, 0.2) is 83.0 Å². The number of benzene rings is 3. The molecule has 9 heteroatoms. The van der Waals surface area contributed by atoms with Gasteiger partial charge in [-0.15, -0.1) is 0 Å². The Kier molecular flexibility index (Phi) is 8.93. The topological polar surface area (TPSA) is 101 Å². The number of methoxy groups -OCH3 is 2. The highest BCUT2D eigenvalue weighted by atomic mass is 32.2. The maximum Gasteiger partial charge on any atom is 0.255 e. The van der Waals surface area contributed by atoms with Crippen molar-refractivity contribution < 1.29 is 19.1 Å². The Morgan fingerprint density at radius 1 is 0.949 bits per heavy atom. The number of allylic oxidation sites excluding steroid dienone is 1. The first kappa shape index (κ1) is 27.8. The lowest BCUT2D eigenvalue weighted by Gasteiger charge is -2.27. The summed E-state index contributed by atoms with van der Waals surface area (Å²) in [6, 6.07) is 19.8. The van der Waals surface area contributed by atoms with Crippen LogP contribution in [0.25, 0.3) is 0 Å². The second kappa shape index (κ2) is 12.5. The standard InChI is InChI=1S/C30H32N4O4S/c1-18-10-9-13-24(19(18)2)33-26(35)17-39-30-31-20(3)27(29(36)32-21-11-7-6-8-12-21)28(34-30)23-15-14-22(37-4)16-25(23)38-5/h6-16,28H,17H2,1-5H3,(H,31,34)(H,32,36)(H,33,35)/t28-/m1/s1. The number of ether oxygens (including phenoxy) is 2. The van der Waals surface area contributed by atoms with Crippen LogP contribution in [-0.4, -0.2) is 37.0 Å². The van der Waals surface area contributed by atoms with Crippen molar-refractivity contribution in [1.29, 1.82) is 0 Å². The number of amidine groups is 1. The number of nitrogens with zero attached hydrogens (tertiary/aromatic N) is 1. The number of amides is 2. The first-order chi connectivity index (χ1) is 18.8. The van der Waals surface area contributed by atoms with E-state index in [-0.39, 0.29) is 17.6 Å². The molecule has 3 aromatic rings. The molecule has 3 aromatic carbocycles. The van der Waals surface area contributed by atoms with Crippen LogP contribution in [0, 0.1) is 13.8 Å². The zero-order chi connectivity index (χ0) is 27.9. The number of thioether (sulfide) groups is 1. The van der Waals surface area contributed by atoms with Gasteiger partial charge in [-0.1, -0.05) is 42.1 Å². The van der Waals surface area contributed by atoms with E-state index in [9.17, 15) is 9.59 Å². The quantitative estimate of drug-likeness (QED) is 0.341. The van der Waals surface area contributed by atoms with E-state index in [1.165, 1.54) is 11.8 Å². The summed E-state index contributed by atoms with van der Waals surface area (Å²) in [7, 11) is 3.15. The van der Waals surface area contributed by atoms with Crippen LogP contribution in [0.2, 0.25) is 0 Å². The number of rotatable bonds is 8. The fourth-order valence-corrected chi connectivity index (χ4v) is 4.96. The van der Waals surface area contributed by atoms with Crippen molar-refractivity contribution in [2.45, 2.75) is 26.8 Å². The summed E-state index contributed by atoms with van der Waals surface area (Å²) in [4.78, 5) is 31.1. The van der Waals surface area contributed by atoms with E-state index in [1.807, 2.05) is 81.4 Å². The molecule has 1 heterocycles. The van der Waals surface area contributed by atoms with Gasteiger partial charge in [0.05, 0.1) is 25.5 Å². The number of anilines is 2. The summed E-state index contributed by atoms with van der Waals surface area (Å²) in [6.45, 7) is 5.82. The van der Waals surface area contributed by atoms with Crippen molar-refractivity contribution in [1.82, 2.24) is 5.32 Å². The van der Waals surface area contributed by atoms with Crippen LogP contribution >= 0.6 is 11.8 Å². The maximum absolute atomic E-state index is 13.5. The molecule has 8 nitrogen and oxygen atoms in total. The Bertz CT molecular complexity index is 1440. The van der Waals surface area contributed by atoms with E-state index in [0.717, 1.165) is 16.8 Å². The predicted molar refractivity (Wildman–Crippen MR) is 158 cm³/mol.